The summed E-state index contributed by atoms with van der Waals surface area (Å²) in [5, 5.41) is 0. The van der Waals surface area contributed by atoms with Gasteiger partial charge in [0.2, 0.25) is 0 Å². The molecule has 1 heterocycles. The summed E-state index contributed by atoms with van der Waals surface area (Å²) in [5.74, 6) is -1.98. The highest BCUT2D eigenvalue weighted by Gasteiger charge is 2.31. The molecule has 0 atom stereocenters. The van der Waals surface area contributed by atoms with Gasteiger partial charge in [0.05, 0.1) is 18.8 Å². The van der Waals surface area contributed by atoms with Crippen molar-refractivity contribution in [1.29, 1.82) is 0 Å². The van der Waals surface area contributed by atoms with E-state index in [-0.39, 0.29) is 30.1 Å². The number of hydrogen-bond donors (Lipinski definition) is 0. The second-order valence-electron chi connectivity index (χ2n) is 4.49. The summed E-state index contributed by atoms with van der Waals surface area (Å²) in [4.78, 5) is 24.2. The Labute approximate surface area is 139 Å². The fourth-order valence-electron chi connectivity index (χ4n) is 1.90. The molecule has 9 heteroatoms. The van der Waals surface area contributed by atoms with Crippen LogP contribution in [0.25, 0.3) is 6.08 Å². The maximum atomic E-state index is 12.2. The van der Waals surface area contributed by atoms with E-state index < -0.39 is 28.0 Å². The lowest BCUT2D eigenvalue weighted by Gasteiger charge is -2.14. The number of esters is 2. The van der Waals surface area contributed by atoms with Crippen molar-refractivity contribution in [2.45, 2.75) is 13.8 Å². The first-order chi connectivity index (χ1) is 11.4. The Balaban J connectivity index is 2.70. The summed E-state index contributed by atoms with van der Waals surface area (Å²) in [6.07, 6.45) is 1.28. The number of para-hydroxylation sites is 1. The number of fused-ring (bicyclic) bond motifs is 1. The monoisotopic (exact) mass is 353 g/mol. The number of hydrogen-bond acceptors (Lipinski definition) is 7. The van der Waals surface area contributed by atoms with Crippen LogP contribution in [0.5, 0.6) is 5.75 Å². The van der Waals surface area contributed by atoms with Gasteiger partial charge < -0.3 is 13.7 Å². The summed E-state index contributed by atoms with van der Waals surface area (Å²) in [6.45, 7) is 3.13. The van der Waals surface area contributed by atoms with E-state index >= 15 is 0 Å². The molecular weight excluding hydrogens is 338 g/mol. The standard InChI is InChI=1S/C15H15NO7S/c1-3-21-14(17)11-9-10-7-5-6-8-12(10)23-24(19,20)16-13(11)15(18)22-4-2/h5-9H,3-4H2,1-2H3/b11-9+,16-13+. The molecule has 0 fully saturated rings. The molecular formula is C15H15NO7S. The molecule has 1 aromatic carbocycles. The number of carbonyl (C=O) groups is 2. The van der Waals surface area contributed by atoms with E-state index in [1.54, 1.807) is 19.1 Å². The summed E-state index contributed by atoms with van der Waals surface area (Å²) in [7, 11) is -4.51. The van der Waals surface area contributed by atoms with Crippen molar-refractivity contribution in [1.82, 2.24) is 0 Å². The molecule has 8 nitrogen and oxygen atoms in total. The van der Waals surface area contributed by atoms with Crippen LogP contribution in [-0.2, 0) is 29.4 Å². The third-order valence-electron chi connectivity index (χ3n) is 2.84. The summed E-state index contributed by atoms with van der Waals surface area (Å²) in [5.41, 5.74) is -0.736. The quantitative estimate of drug-likeness (QED) is 0.750. The minimum atomic E-state index is -4.51. The number of carbonyl (C=O) groups excluding carboxylic acids is 2. The fourth-order valence-corrected chi connectivity index (χ4v) is 2.72. The van der Waals surface area contributed by atoms with Crippen LogP contribution < -0.4 is 4.18 Å². The largest absolute Gasteiger partial charge is 0.462 e. The molecule has 0 N–H and O–H groups in total. The predicted molar refractivity (Wildman–Crippen MR) is 84.7 cm³/mol. The van der Waals surface area contributed by atoms with E-state index in [9.17, 15) is 18.0 Å². The normalized spacial score (nSPS) is 19.9. The molecule has 0 radical (unpaired) electrons. The number of nitrogens with zero attached hydrogens (tertiary/aromatic N) is 1. The second-order valence-corrected chi connectivity index (χ2v) is 5.69. The lowest BCUT2D eigenvalue weighted by Crippen LogP contribution is -2.28. The molecule has 0 saturated carbocycles. The molecule has 128 valence electrons. The maximum absolute atomic E-state index is 12.2. The van der Waals surface area contributed by atoms with Gasteiger partial charge in [-0.15, -0.1) is 4.40 Å². The van der Waals surface area contributed by atoms with Gasteiger partial charge >= 0.3 is 22.2 Å². The zero-order valence-corrected chi connectivity index (χ0v) is 13.8. The molecule has 0 aromatic heterocycles. The van der Waals surface area contributed by atoms with Crippen molar-refractivity contribution in [3.05, 3.63) is 35.4 Å². The van der Waals surface area contributed by atoms with E-state index in [0.29, 0.717) is 0 Å². The van der Waals surface area contributed by atoms with Crippen molar-refractivity contribution < 1.29 is 31.7 Å². The second kappa shape index (κ2) is 7.26. The molecule has 24 heavy (non-hydrogen) atoms. The Morgan fingerprint density at radius 3 is 2.38 bits per heavy atom. The first kappa shape index (κ1) is 17.7. The van der Waals surface area contributed by atoms with Gasteiger partial charge in [0.25, 0.3) is 0 Å². The Bertz CT molecular complexity index is 824. The summed E-state index contributed by atoms with van der Waals surface area (Å²) >= 11 is 0. The molecule has 0 saturated heterocycles. The first-order valence-electron chi connectivity index (χ1n) is 7.07. The molecule has 1 aromatic rings. The Morgan fingerprint density at radius 1 is 1.08 bits per heavy atom. The zero-order chi connectivity index (χ0) is 17.7. The van der Waals surface area contributed by atoms with Crippen molar-refractivity contribution in [2.24, 2.45) is 4.40 Å². The van der Waals surface area contributed by atoms with E-state index in [1.807, 2.05) is 0 Å². The van der Waals surface area contributed by atoms with Crippen molar-refractivity contribution in [2.75, 3.05) is 13.2 Å². The minimum Gasteiger partial charge on any atom is -0.462 e. The van der Waals surface area contributed by atoms with Crippen molar-refractivity contribution in [3.8, 4) is 5.75 Å². The van der Waals surface area contributed by atoms with Crippen LogP contribution in [0.15, 0.2) is 34.2 Å². The molecule has 0 amide bonds. The van der Waals surface area contributed by atoms with Gasteiger partial charge in [0, 0.05) is 5.56 Å². The molecule has 1 aliphatic heterocycles. The van der Waals surface area contributed by atoms with Crippen LogP contribution in [0.1, 0.15) is 19.4 Å². The van der Waals surface area contributed by atoms with Gasteiger partial charge in [-0.05, 0) is 26.0 Å². The van der Waals surface area contributed by atoms with Gasteiger partial charge in [0.15, 0.2) is 11.5 Å². The SMILES string of the molecule is CCOC(=O)C1=C/c2ccccc2OS(=O)(=O)/N=C\1C(=O)OCC. The fraction of sp³-hybridized carbons (Fsp3) is 0.267. The third-order valence-corrected chi connectivity index (χ3v) is 3.63. The Hall–Kier alpha value is -2.68. The van der Waals surface area contributed by atoms with Crippen LogP contribution in [-0.4, -0.2) is 39.3 Å². The average Bonchev–Trinajstić information content (AvgIpc) is 2.50. The summed E-state index contributed by atoms with van der Waals surface area (Å²) in [6, 6.07) is 6.11. The highest BCUT2D eigenvalue weighted by atomic mass is 32.2. The third kappa shape index (κ3) is 3.99. The van der Waals surface area contributed by atoms with Gasteiger partial charge in [-0.2, -0.15) is 8.42 Å². The maximum Gasteiger partial charge on any atom is 0.429 e. The lowest BCUT2D eigenvalue weighted by atomic mass is 10.1. The number of rotatable bonds is 4. The molecule has 2 rings (SSSR count). The van der Waals surface area contributed by atoms with Crippen molar-refractivity contribution in [3.63, 3.8) is 0 Å². The molecule has 0 aliphatic carbocycles. The number of benzene rings is 1. The van der Waals surface area contributed by atoms with Gasteiger partial charge in [-0.3, -0.25) is 0 Å². The topological polar surface area (TPSA) is 108 Å². The van der Waals surface area contributed by atoms with Crippen LogP contribution in [0, 0.1) is 0 Å². The van der Waals surface area contributed by atoms with Crippen LogP contribution >= 0.6 is 0 Å². The average molecular weight is 353 g/mol. The first-order valence-corrected chi connectivity index (χ1v) is 8.44. The highest BCUT2D eigenvalue weighted by molar-refractivity contribution is 7.86. The van der Waals surface area contributed by atoms with E-state index in [0.717, 1.165) is 0 Å². The smallest absolute Gasteiger partial charge is 0.429 e. The Morgan fingerprint density at radius 2 is 1.71 bits per heavy atom. The van der Waals surface area contributed by atoms with Crippen LogP contribution in [0.2, 0.25) is 0 Å². The van der Waals surface area contributed by atoms with Crippen LogP contribution in [0.3, 0.4) is 0 Å². The predicted octanol–water partition coefficient (Wildman–Crippen LogP) is 1.27. The van der Waals surface area contributed by atoms with E-state index in [1.165, 1.54) is 25.1 Å². The minimum absolute atomic E-state index is 0.0223. The van der Waals surface area contributed by atoms with Crippen molar-refractivity contribution >= 4 is 34.0 Å². The van der Waals surface area contributed by atoms with Gasteiger partial charge in [-0.25, -0.2) is 9.59 Å². The van der Waals surface area contributed by atoms with E-state index in [4.69, 9.17) is 13.7 Å². The zero-order valence-electron chi connectivity index (χ0n) is 13.0. The van der Waals surface area contributed by atoms with Gasteiger partial charge in [-0.1, -0.05) is 18.2 Å². The lowest BCUT2D eigenvalue weighted by molar-refractivity contribution is -0.139. The van der Waals surface area contributed by atoms with Gasteiger partial charge in [0.1, 0.15) is 0 Å². The highest BCUT2D eigenvalue weighted by Crippen LogP contribution is 2.26. The number of ether oxygens (including phenoxy) is 2. The van der Waals surface area contributed by atoms with E-state index in [2.05, 4.69) is 4.40 Å². The molecule has 0 spiro atoms. The van der Waals surface area contributed by atoms with Crippen LogP contribution in [0.4, 0.5) is 0 Å². The summed E-state index contributed by atoms with van der Waals surface area (Å²) < 4.78 is 41.9. The molecule has 1 aliphatic rings. The Kier molecular flexibility index (Phi) is 5.35. The molecule has 0 bridgehead atoms. The molecule has 0 unspecified atom stereocenters.